The second-order valence-corrected chi connectivity index (χ2v) is 7.02. The van der Waals surface area contributed by atoms with Gasteiger partial charge in [-0.3, -0.25) is 0 Å². The van der Waals surface area contributed by atoms with E-state index in [0.717, 1.165) is 42.0 Å². The van der Waals surface area contributed by atoms with Gasteiger partial charge < -0.3 is 9.40 Å². The standard InChI is InChI=1S/C23H27N3O2.ClH/c1-3-7-19(8-4-2)23(27)28-25-22(16-26-14-13-24-17-26)21-12-11-18-9-5-6-10-20(18)15-21;/h5-6,9-15,17,19H,3-4,7-8,16H2,1-2H3;1H. The van der Waals surface area contributed by atoms with Gasteiger partial charge in [0.2, 0.25) is 0 Å². The third-order valence-corrected chi connectivity index (χ3v) is 4.83. The van der Waals surface area contributed by atoms with Crippen molar-refractivity contribution in [2.24, 2.45) is 11.1 Å². The molecule has 154 valence electrons. The van der Waals surface area contributed by atoms with E-state index in [-0.39, 0.29) is 24.3 Å². The number of aromatic nitrogens is 2. The zero-order valence-corrected chi connectivity index (χ0v) is 17.8. The summed E-state index contributed by atoms with van der Waals surface area (Å²) in [6.45, 7) is 4.65. The van der Waals surface area contributed by atoms with Crippen LogP contribution in [0.25, 0.3) is 10.8 Å². The van der Waals surface area contributed by atoms with E-state index in [4.69, 9.17) is 4.84 Å². The molecule has 3 rings (SSSR count). The van der Waals surface area contributed by atoms with Crippen molar-refractivity contribution in [1.82, 2.24) is 9.55 Å². The van der Waals surface area contributed by atoms with Crippen LogP contribution in [0, 0.1) is 5.92 Å². The quantitative estimate of drug-likeness (QED) is 0.260. The second kappa shape index (κ2) is 11.4. The molecule has 0 saturated carbocycles. The lowest BCUT2D eigenvalue weighted by molar-refractivity contribution is -0.149. The molecule has 0 atom stereocenters. The number of hydrogen-bond donors (Lipinski definition) is 0. The van der Waals surface area contributed by atoms with Gasteiger partial charge in [-0.1, -0.05) is 68.2 Å². The summed E-state index contributed by atoms with van der Waals surface area (Å²) in [5.74, 6) is -0.336. The van der Waals surface area contributed by atoms with Gasteiger partial charge in [0.05, 0.1) is 18.8 Å². The smallest absolute Gasteiger partial charge is 0.331 e. The molecule has 0 radical (unpaired) electrons. The van der Waals surface area contributed by atoms with E-state index in [0.29, 0.717) is 12.3 Å². The van der Waals surface area contributed by atoms with Gasteiger partial charge in [-0.2, -0.15) is 0 Å². The minimum atomic E-state index is -0.243. The topological polar surface area (TPSA) is 56.5 Å². The highest BCUT2D eigenvalue weighted by molar-refractivity contribution is 6.03. The van der Waals surface area contributed by atoms with Crippen molar-refractivity contribution >= 4 is 34.9 Å². The summed E-state index contributed by atoms with van der Waals surface area (Å²) in [7, 11) is 0. The molecular formula is C23H28ClN3O2. The first-order chi connectivity index (χ1) is 13.7. The number of oxime groups is 1. The van der Waals surface area contributed by atoms with E-state index in [1.807, 2.05) is 29.0 Å². The summed E-state index contributed by atoms with van der Waals surface area (Å²) < 4.78 is 1.91. The van der Waals surface area contributed by atoms with E-state index in [2.05, 4.69) is 48.3 Å². The van der Waals surface area contributed by atoms with Crippen LogP contribution in [0.5, 0.6) is 0 Å². The summed E-state index contributed by atoms with van der Waals surface area (Å²) in [4.78, 5) is 22.0. The minimum Gasteiger partial charge on any atom is -0.331 e. The molecule has 29 heavy (non-hydrogen) atoms. The first-order valence-corrected chi connectivity index (χ1v) is 9.94. The van der Waals surface area contributed by atoms with Crippen LogP contribution < -0.4 is 0 Å². The van der Waals surface area contributed by atoms with Crippen LogP contribution in [0.4, 0.5) is 0 Å². The summed E-state index contributed by atoms with van der Waals surface area (Å²) >= 11 is 0. The highest BCUT2D eigenvalue weighted by Crippen LogP contribution is 2.18. The van der Waals surface area contributed by atoms with Crippen LogP contribution in [0.1, 0.15) is 45.1 Å². The van der Waals surface area contributed by atoms with Crippen molar-refractivity contribution in [3.05, 3.63) is 66.7 Å². The third kappa shape index (κ3) is 6.16. The van der Waals surface area contributed by atoms with Gasteiger partial charge in [0, 0.05) is 18.0 Å². The lowest BCUT2D eigenvalue weighted by Crippen LogP contribution is -2.18. The number of carbonyl (C=O) groups excluding carboxylic acids is 1. The van der Waals surface area contributed by atoms with Gasteiger partial charge in [0.15, 0.2) is 0 Å². The fourth-order valence-corrected chi connectivity index (χ4v) is 3.35. The largest absolute Gasteiger partial charge is 0.338 e. The van der Waals surface area contributed by atoms with Crippen LogP contribution in [-0.4, -0.2) is 21.2 Å². The van der Waals surface area contributed by atoms with Gasteiger partial charge in [0.25, 0.3) is 0 Å². The summed E-state index contributed by atoms with van der Waals surface area (Å²) in [6.07, 6.45) is 8.89. The molecule has 3 aromatic rings. The Labute approximate surface area is 178 Å². The molecule has 0 saturated heterocycles. The molecule has 0 spiro atoms. The third-order valence-electron chi connectivity index (χ3n) is 4.83. The number of benzene rings is 2. The van der Waals surface area contributed by atoms with Crippen molar-refractivity contribution < 1.29 is 9.63 Å². The molecule has 1 aromatic heterocycles. The second-order valence-electron chi connectivity index (χ2n) is 7.02. The molecule has 0 unspecified atom stereocenters. The average Bonchev–Trinajstić information content (AvgIpc) is 3.23. The molecular weight excluding hydrogens is 386 g/mol. The van der Waals surface area contributed by atoms with Gasteiger partial charge >= 0.3 is 5.97 Å². The normalized spacial score (nSPS) is 11.5. The van der Waals surface area contributed by atoms with Crippen molar-refractivity contribution in [2.45, 2.75) is 46.1 Å². The van der Waals surface area contributed by atoms with Crippen molar-refractivity contribution in [1.29, 1.82) is 0 Å². The Balaban J connectivity index is 0.00000300. The molecule has 5 nitrogen and oxygen atoms in total. The number of rotatable bonds is 9. The highest BCUT2D eigenvalue weighted by Gasteiger charge is 2.19. The van der Waals surface area contributed by atoms with E-state index in [1.54, 1.807) is 12.5 Å². The Morgan fingerprint density at radius 2 is 1.83 bits per heavy atom. The van der Waals surface area contributed by atoms with E-state index < -0.39 is 0 Å². The van der Waals surface area contributed by atoms with E-state index in [9.17, 15) is 4.79 Å². The fourth-order valence-electron chi connectivity index (χ4n) is 3.35. The number of nitrogens with zero attached hydrogens (tertiary/aromatic N) is 3. The van der Waals surface area contributed by atoms with Crippen LogP contribution in [-0.2, 0) is 16.2 Å². The Kier molecular flexibility index (Phi) is 8.87. The zero-order chi connectivity index (χ0) is 19.8. The number of carbonyl (C=O) groups is 1. The maximum absolute atomic E-state index is 12.5. The number of imidazole rings is 1. The van der Waals surface area contributed by atoms with E-state index in [1.165, 1.54) is 0 Å². The number of hydrogen-bond acceptors (Lipinski definition) is 4. The molecule has 0 fully saturated rings. The minimum absolute atomic E-state index is 0. The van der Waals surface area contributed by atoms with Crippen molar-refractivity contribution in [2.75, 3.05) is 0 Å². The zero-order valence-electron chi connectivity index (χ0n) is 17.0. The molecule has 0 amide bonds. The molecule has 0 bridgehead atoms. The molecule has 2 aromatic carbocycles. The molecule has 6 heteroatoms. The molecule has 0 aliphatic rings. The van der Waals surface area contributed by atoms with E-state index >= 15 is 0 Å². The van der Waals surface area contributed by atoms with Gasteiger partial charge in [-0.25, -0.2) is 9.78 Å². The first-order valence-electron chi connectivity index (χ1n) is 9.94. The van der Waals surface area contributed by atoms with Crippen LogP contribution in [0.3, 0.4) is 0 Å². The Hall–Kier alpha value is -2.66. The maximum atomic E-state index is 12.5. The van der Waals surface area contributed by atoms with Gasteiger partial charge in [0.1, 0.15) is 5.71 Å². The lowest BCUT2D eigenvalue weighted by atomic mass is 9.99. The van der Waals surface area contributed by atoms with Crippen molar-refractivity contribution in [3.8, 4) is 0 Å². The fraction of sp³-hybridized carbons (Fsp3) is 0.348. The molecule has 0 aliphatic heterocycles. The first kappa shape index (κ1) is 22.6. The van der Waals surface area contributed by atoms with Gasteiger partial charge in [-0.15, -0.1) is 12.4 Å². The molecule has 1 heterocycles. The van der Waals surface area contributed by atoms with Gasteiger partial charge in [-0.05, 0) is 29.7 Å². The maximum Gasteiger partial charge on any atom is 0.338 e. The average molecular weight is 414 g/mol. The van der Waals surface area contributed by atoms with Crippen molar-refractivity contribution in [3.63, 3.8) is 0 Å². The lowest BCUT2D eigenvalue weighted by Gasteiger charge is -2.13. The Morgan fingerprint density at radius 1 is 1.10 bits per heavy atom. The monoisotopic (exact) mass is 413 g/mol. The Morgan fingerprint density at radius 3 is 2.48 bits per heavy atom. The van der Waals surface area contributed by atoms with Crippen LogP contribution in [0.2, 0.25) is 0 Å². The van der Waals surface area contributed by atoms with Crippen LogP contribution >= 0.6 is 12.4 Å². The summed E-state index contributed by atoms with van der Waals surface area (Å²) in [5.41, 5.74) is 1.63. The SMILES string of the molecule is CCCC(CCC)C(=O)ON=C(Cn1ccnc1)c1ccc2ccccc2c1.Cl. The van der Waals surface area contributed by atoms with Crippen LogP contribution in [0.15, 0.2) is 66.3 Å². The summed E-state index contributed by atoms with van der Waals surface area (Å²) in [6, 6.07) is 14.3. The Bertz CT molecular complexity index is 932. The number of fused-ring (bicyclic) bond motifs is 1. The summed E-state index contributed by atoms with van der Waals surface area (Å²) in [5, 5.41) is 6.57. The number of halogens is 1. The highest BCUT2D eigenvalue weighted by atomic mass is 35.5. The predicted molar refractivity (Wildman–Crippen MR) is 119 cm³/mol. The molecule has 0 N–H and O–H groups in total. The predicted octanol–water partition coefficient (Wildman–Crippen LogP) is 5.62. The molecule has 0 aliphatic carbocycles.